The van der Waals surface area contributed by atoms with Crippen LogP contribution in [0.1, 0.15) is 25.6 Å². The second-order valence-electron chi connectivity index (χ2n) is 3.75. The largest absolute Gasteiger partial charge is 0.213 e. The maximum absolute atomic E-state index is 4.45. The average molecular weight is 293 g/mol. The van der Waals surface area contributed by atoms with Crippen LogP contribution in [0.15, 0.2) is 4.34 Å². The smallest absolute Gasteiger partial charge is 0.170 e. The summed E-state index contributed by atoms with van der Waals surface area (Å²) in [5.41, 5.74) is 0.572. The summed E-state index contributed by atoms with van der Waals surface area (Å²) >= 11 is 6.99. The van der Waals surface area contributed by atoms with Gasteiger partial charge in [-0.1, -0.05) is 34.6 Å². The number of alkyl halides is 1. The fourth-order valence-electron chi connectivity index (χ4n) is 1.15. The molecule has 0 saturated heterocycles. The van der Waals surface area contributed by atoms with E-state index in [9.17, 15) is 0 Å². The molecule has 0 spiro atoms. The van der Waals surface area contributed by atoms with Crippen LogP contribution in [0, 0.1) is 5.41 Å². The zero-order chi connectivity index (χ0) is 10.0. The summed E-state index contributed by atoms with van der Waals surface area (Å²) in [7, 11) is 0. The van der Waals surface area contributed by atoms with Gasteiger partial charge in [0.15, 0.2) is 4.34 Å². The maximum Gasteiger partial charge on any atom is 0.170 e. The third-order valence-corrected chi connectivity index (χ3v) is 5.92. The van der Waals surface area contributed by atoms with Crippen molar-refractivity contribution in [1.29, 1.82) is 0 Å². The predicted molar refractivity (Wildman–Crippen MR) is 65.5 cm³/mol. The summed E-state index contributed by atoms with van der Waals surface area (Å²) in [5.74, 6) is 2.18. The molecule has 0 bridgehead atoms. The van der Waals surface area contributed by atoms with E-state index < -0.39 is 0 Å². The number of aryl methyl sites for hydroxylation is 1. The molecule has 1 heterocycles. The van der Waals surface area contributed by atoms with E-state index in [0.29, 0.717) is 5.41 Å². The Hall–Kier alpha value is 0.390. The minimum absolute atomic E-state index is 0.572. The molecule has 0 radical (unpaired) electrons. The summed E-state index contributed by atoms with van der Waals surface area (Å²) in [6, 6.07) is 0. The minimum Gasteiger partial charge on any atom is -0.213 e. The van der Waals surface area contributed by atoms with Gasteiger partial charge in [-0.15, -0.1) is 0 Å². The van der Waals surface area contributed by atoms with Gasteiger partial charge in [0.25, 0.3) is 0 Å². The number of rotatable bonds is 5. The molecule has 2 nitrogen and oxygen atoms in total. The highest BCUT2D eigenvalue weighted by atomic mass is 79.9. The van der Waals surface area contributed by atoms with Crippen molar-refractivity contribution in [1.82, 2.24) is 9.36 Å². The van der Waals surface area contributed by atoms with Crippen molar-refractivity contribution in [2.45, 2.75) is 30.5 Å². The summed E-state index contributed by atoms with van der Waals surface area (Å²) in [6.07, 6.45) is 3.68. The highest BCUT2D eigenvalue weighted by Crippen LogP contribution is 2.50. The van der Waals surface area contributed by atoms with Gasteiger partial charge in [-0.05, 0) is 29.8 Å². The third-order valence-electron chi connectivity index (χ3n) is 2.51. The lowest BCUT2D eigenvalue weighted by atomic mass is 10.2. The highest BCUT2D eigenvalue weighted by Gasteiger charge is 2.41. The van der Waals surface area contributed by atoms with Gasteiger partial charge in [-0.2, -0.15) is 4.37 Å². The van der Waals surface area contributed by atoms with Gasteiger partial charge in [0.2, 0.25) is 0 Å². The Morgan fingerprint density at radius 3 is 2.86 bits per heavy atom. The van der Waals surface area contributed by atoms with Gasteiger partial charge in [0.1, 0.15) is 5.82 Å². The normalized spacial score (nSPS) is 18.4. The van der Waals surface area contributed by atoms with E-state index in [1.807, 2.05) is 11.8 Å². The van der Waals surface area contributed by atoms with Crippen molar-refractivity contribution < 1.29 is 0 Å². The lowest BCUT2D eigenvalue weighted by Gasteiger charge is -2.07. The summed E-state index contributed by atoms with van der Waals surface area (Å²) in [4.78, 5) is 4.45. The second-order valence-corrected chi connectivity index (χ2v) is 6.29. The number of aromatic nitrogens is 2. The van der Waals surface area contributed by atoms with Crippen LogP contribution in [-0.2, 0) is 6.42 Å². The first-order valence-electron chi connectivity index (χ1n) is 4.79. The zero-order valence-electron chi connectivity index (χ0n) is 8.12. The molecule has 78 valence electrons. The van der Waals surface area contributed by atoms with Gasteiger partial charge in [-0.25, -0.2) is 4.98 Å². The number of nitrogens with zero attached hydrogens (tertiary/aromatic N) is 2. The molecule has 2 rings (SSSR count). The molecule has 0 atom stereocenters. The molecule has 0 unspecified atom stereocenters. The summed E-state index contributed by atoms with van der Waals surface area (Å²) in [5, 5.41) is 1.13. The van der Waals surface area contributed by atoms with Gasteiger partial charge < -0.3 is 0 Å². The monoisotopic (exact) mass is 292 g/mol. The van der Waals surface area contributed by atoms with Crippen LogP contribution in [-0.4, -0.2) is 20.4 Å². The van der Waals surface area contributed by atoms with Gasteiger partial charge in [-0.3, -0.25) is 0 Å². The van der Waals surface area contributed by atoms with E-state index in [4.69, 9.17) is 0 Å². The first-order valence-corrected chi connectivity index (χ1v) is 7.67. The Bertz CT molecular complexity index is 310. The Kier molecular flexibility index (Phi) is 3.50. The quantitative estimate of drug-likeness (QED) is 0.615. The average Bonchev–Trinajstić information content (AvgIpc) is 2.86. The molecule has 1 aromatic heterocycles. The maximum atomic E-state index is 4.45. The molecule has 5 heteroatoms. The number of hydrogen-bond acceptors (Lipinski definition) is 4. The predicted octanol–water partition coefficient (Wildman–Crippen LogP) is 3.37. The van der Waals surface area contributed by atoms with Crippen LogP contribution in [0.2, 0.25) is 0 Å². The Morgan fingerprint density at radius 1 is 1.57 bits per heavy atom. The van der Waals surface area contributed by atoms with Gasteiger partial charge in [0.05, 0.1) is 0 Å². The molecule has 1 saturated carbocycles. The Labute approximate surface area is 101 Å². The molecular formula is C9H13BrN2S2. The van der Waals surface area contributed by atoms with Crippen LogP contribution >= 0.6 is 39.2 Å². The lowest BCUT2D eigenvalue weighted by Crippen LogP contribution is -2.04. The van der Waals surface area contributed by atoms with E-state index in [2.05, 4.69) is 32.2 Å². The topological polar surface area (TPSA) is 25.8 Å². The summed E-state index contributed by atoms with van der Waals surface area (Å²) in [6.45, 7) is 2.09. The third kappa shape index (κ3) is 2.49. The van der Waals surface area contributed by atoms with Crippen LogP contribution in [0.4, 0.5) is 0 Å². The van der Waals surface area contributed by atoms with Crippen molar-refractivity contribution in [3.05, 3.63) is 5.82 Å². The molecule has 1 aromatic rings. The van der Waals surface area contributed by atoms with Crippen LogP contribution in [0.25, 0.3) is 0 Å². The molecule has 1 aliphatic carbocycles. The van der Waals surface area contributed by atoms with E-state index in [1.165, 1.54) is 30.1 Å². The fourth-order valence-corrected chi connectivity index (χ4v) is 4.16. The van der Waals surface area contributed by atoms with Crippen molar-refractivity contribution >= 4 is 39.2 Å². The first kappa shape index (κ1) is 10.9. The minimum atomic E-state index is 0.572. The molecule has 1 fully saturated rings. The molecule has 0 aliphatic heterocycles. The Morgan fingerprint density at radius 2 is 2.36 bits per heavy atom. The van der Waals surface area contributed by atoms with Crippen LogP contribution < -0.4 is 0 Å². The standard InChI is InChI=1S/C9H13BrN2S2/c1-2-7-11-8(14-12-7)13-6-9(5-10)3-4-9/h2-6H2,1H3. The van der Waals surface area contributed by atoms with Crippen LogP contribution in [0.3, 0.4) is 0 Å². The second kappa shape index (κ2) is 4.49. The highest BCUT2D eigenvalue weighted by molar-refractivity contribution is 9.09. The molecule has 1 aliphatic rings. The van der Waals surface area contributed by atoms with Crippen molar-refractivity contribution in [2.24, 2.45) is 5.41 Å². The van der Waals surface area contributed by atoms with Crippen LogP contribution in [0.5, 0.6) is 0 Å². The molecule has 0 amide bonds. The van der Waals surface area contributed by atoms with E-state index in [1.54, 1.807) is 0 Å². The fraction of sp³-hybridized carbons (Fsp3) is 0.778. The number of thioether (sulfide) groups is 1. The number of halogens is 1. The van der Waals surface area contributed by atoms with E-state index >= 15 is 0 Å². The molecule has 0 N–H and O–H groups in total. The lowest BCUT2D eigenvalue weighted by molar-refractivity contribution is 0.686. The SMILES string of the molecule is CCc1nsc(SCC2(CBr)CC2)n1. The molecular weight excluding hydrogens is 280 g/mol. The van der Waals surface area contributed by atoms with Crippen molar-refractivity contribution in [3.8, 4) is 0 Å². The van der Waals surface area contributed by atoms with Gasteiger partial charge >= 0.3 is 0 Å². The van der Waals surface area contributed by atoms with Crippen molar-refractivity contribution in [2.75, 3.05) is 11.1 Å². The zero-order valence-corrected chi connectivity index (χ0v) is 11.3. The van der Waals surface area contributed by atoms with E-state index in [0.717, 1.165) is 21.9 Å². The first-order chi connectivity index (χ1) is 6.78. The molecule has 0 aromatic carbocycles. The van der Waals surface area contributed by atoms with E-state index in [-0.39, 0.29) is 0 Å². The van der Waals surface area contributed by atoms with Crippen molar-refractivity contribution in [3.63, 3.8) is 0 Å². The molecule has 14 heavy (non-hydrogen) atoms. The van der Waals surface area contributed by atoms with Gasteiger partial charge in [0, 0.05) is 17.5 Å². The Balaban J connectivity index is 1.85. The number of hydrogen-bond donors (Lipinski definition) is 0. The summed E-state index contributed by atoms with van der Waals surface area (Å²) < 4.78 is 5.41.